The Morgan fingerprint density at radius 2 is 1.58 bits per heavy atom. The third-order valence-electron chi connectivity index (χ3n) is 3.36. The third-order valence-corrected chi connectivity index (χ3v) is 3.36. The van der Waals surface area contributed by atoms with Gasteiger partial charge in [0, 0.05) is 18.7 Å². The van der Waals surface area contributed by atoms with Crippen molar-refractivity contribution in [1.29, 1.82) is 0 Å². The summed E-state index contributed by atoms with van der Waals surface area (Å²) in [6.07, 6.45) is 0.260. The van der Waals surface area contributed by atoms with Crippen molar-refractivity contribution in [3.8, 4) is 5.75 Å². The van der Waals surface area contributed by atoms with Crippen LogP contribution in [0.15, 0.2) is 48.5 Å². The van der Waals surface area contributed by atoms with Gasteiger partial charge < -0.3 is 15.4 Å². The molecule has 0 aromatic heterocycles. The van der Waals surface area contributed by atoms with Crippen molar-refractivity contribution in [3.63, 3.8) is 0 Å². The minimum Gasteiger partial charge on any atom is -0.497 e. The Labute approximate surface area is 139 Å². The number of amides is 2. The minimum absolute atomic E-state index is 0.129. The quantitative estimate of drug-likeness (QED) is 0.762. The molecular formula is C18H19FN2O3. The molecule has 0 atom stereocenters. The fraction of sp³-hybridized carbons (Fsp3) is 0.222. The maximum atomic E-state index is 12.8. The molecule has 0 unspecified atom stereocenters. The van der Waals surface area contributed by atoms with E-state index in [0.717, 1.165) is 11.3 Å². The van der Waals surface area contributed by atoms with E-state index in [9.17, 15) is 14.0 Å². The average Bonchev–Trinajstić information content (AvgIpc) is 2.60. The summed E-state index contributed by atoms with van der Waals surface area (Å²) in [4.78, 5) is 23.6. The molecule has 0 spiro atoms. The van der Waals surface area contributed by atoms with Crippen molar-refractivity contribution < 1.29 is 18.7 Å². The Morgan fingerprint density at radius 3 is 2.21 bits per heavy atom. The highest BCUT2D eigenvalue weighted by Gasteiger charge is 2.06. The first kappa shape index (κ1) is 17.5. The van der Waals surface area contributed by atoms with Crippen LogP contribution in [0.1, 0.15) is 15.9 Å². The molecule has 2 rings (SSSR count). The first-order chi connectivity index (χ1) is 11.6. The minimum atomic E-state index is -0.391. The van der Waals surface area contributed by atoms with Gasteiger partial charge in [-0.15, -0.1) is 0 Å². The predicted molar refractivity (Wildman–Crippen MR) is 88.4 cm³/mol. The summed E-state index contributed by atoms with van der Waals surface area (Å²) >= 11 is 0. The smallest absolute Gasteiger partial charge is 0.251 e. The molecule has 24 heavy (non-hydrogen) atoms. The average molecular weight is 330 g/mol. The van der Waals surface area contributed by atoms with Crippen molar-refractivity contribution in [3.05, 3.63) is 65.5 Å². The number of hydrogen-bond donors (Lipinski definition) is 2. The Balaban J connectivity index is 1.68. The van der Waals surface area contributed by atoms with E-state index in [-0.39, 0.29) is 18.2 Å². The summed E-state index contributed by atoms with van der Waals surface area (Å²) in [5.41, 5.74) is 1.25. The fourth-order valence-corrected chi connectivity index (χ4v) is 2.07. The van der Waals surface area contributed by atoms with Crippen LogP contribution in [0.5, 0.6) is 5.75 Å². The first-order valence-corrected chi connectivity index (χ1v) is 7.52. The molecule has 0 heterocycles. The van der Waals surface area contributed by atoms with E-state index in [0.29, 0.717) is 18.7 Å². The molecule has 6 heteroatoms. The Hall–Kier alpha value is -2.89. The van der Waals surface area contributed by atoms with E-state index in [1.54, 1.807) is 19.2 Å². The summed E-state index contributed by atoms with van der Waals surface area (Å²) in [5, 5.41) is 5.39. The van der Waals surface area contributed by atoms with E-state index in [4.69, 9.17) is 4.74 Å². The van der Waals surface area contributed by atoms with Crippen molar-refractivity contribution in [1.82, 2.24) is 10.6 Å². The van der Waals surface area contributed by atoms with Gasteiger partial charge in [-0.1, -0.05) is 12.1 Å². The van der Waals surface area contributed by atoms with E-state index < -0.39 is 5.82 Å². The number of methoxy groups -OCH3 is 1. The second kappa shape index (κ2) is 8.67. The van der Waals surface area contributed by atoms with Crippen LogP contribution in [0.2, 0.25) is 0 Å². The molecular weight excluding hydrogens is 311 g/mol. The highest BCUT2D eigenvalue weighted by atomic mass is 19.1. The topological polar surface area (TPSA) is 67.4 Å². The van der Waals surface area contributed by atoms with Gasteiger partial charge in [0.2, 0.25) is 5.91 Å². The van der Waals surface area contributed by atoms with E-state index >= 15 is 0 Å². The summed E-state index contributed by atoms with van der Waals surface area (Å²) in [7, 11) is 1.59. The lowest BCUT2D eigenvalue weighted by Crippen LogP contribution is -2.35. The van der Waals surface area contributed by atoms with Gasteiger partial charge in [0.15, 0.2) is 0 Å². The molecule has 2 amide bonds. The van der Waals surface area contributed by atoms with Crippen LogP contribution in [-0.4, -0.2) is 32.0 Å². The van der Waals surface area contributed by atoms with Crippen molar-refractivity contribution in [2.75, 3.05) is 20.2 Å². The van der Waals surface area contributed by atoms with Crippen LogP contribution in [0, 0.1) is 5.82 Å². The highest BCUT2D eigenvalue weighted by molar-refractivity contribution is 5.94. The zero-order valence-electron chi connectivity index (χ0n) is 13.3. The first-order valence-electron chi connectivity index (χ1n) is 7.52. The van der Waals surface area contributed by atoms with E-state index in [1.165, 1.54) is 24.3 Å². The largest absolute Gasteiger partial charge is 0.497 e. The number of nitrogens with one attached hydrogen (secondary N) is 2. The number of benzene rings is 2. The summed E-state index contributed by atoms with van der Waals surface area (Å²) < 4.78 is 17.8. The normalized spacial score (nSPS) is 10.1. The standard InChI is InChI=1S/C18H19FN2O3/c1-24-16-8-2-13(3-9-16)12-17(22)20-10-11-21-18(23)14-4-6-15(19)7-5-14/h2-9H,10-12H2,1H3,(H,20,22)(H,21,23). The molecule has 2 aromatic rings. The Morgan fingerprint density at radius 1 is 0.958 bits per heavy atom. The van der Waals surface area contributed by atoms with Gasteiger partial charge in [0.1, 0.15) is 11.6 Å². The maximum Gasteiger partial charge on any atom is 0.251 e. The van der Waals surface area contributed by atoms with Gasteiger partial charge in [0.05, 0.1) is 13.5 Å². The van der Waals surface area contributed by atoms with Crippen molar-refractivity contribution in [2.45, 2.75) is 6.42 Å². The molecule has 2 aromatic carbocycles. The second-order valence-corrected chi connectivity index (χ2v) is 5.14. The van der Waals surface area contributed by atoms with Gasteiger partial charge in [-0.3, -0.25) is 9.59 Å². The van der Waals surface area contributed by atoms with E-state index in [2.05, 4.69) is 10.6 Å². The Bertz CT molecular complexity index is 684. The van der Waals surface area contributed by atoms with Gasteiger partial charge in [-0.25, -0.2) is 4.39 Å². The molecule has 0 saturated heterocycles. The van der Waals surface area contributed by atoms with Crippen LogP contribution in [0.25, 0.3) is 0 Å². The Kier molecular flexibility index (Phi) is 6.31. The molecule has 2 N–H and O–H groups in total. The van der Waals surface area contributed by atoms with Crippen molar-refractivity contribution in [2.24, 2.45) is 0 Å². The van der Waals surface area contributed by atoms with Gasteiger partial charge in [-0.05, 0) is 42.0 Å². The number of rotatable bonds is 7. The lowest BCUT2D eigenvalue weighted by atomic mass is 10.1. The maximum absolute atomic E-state index is 12.8. The zero-order chi connectivity index (χ0) is 17.4. The third kappa shape index (κ3) is 5.39. The molecule has 0 aliphatic heterocycles. The molecule has 0 bridgehead atoms. The van der Waals surface area contributed by atoms with Gasteiger partial charge >= 0.3 is 0 Å². The van der Waals surface area contributed by atoms with E-state index in [1.807, 2.05) is 12.1 Å². The number of ether oxygens (including phenoxy) is 1. The molecule has 126 valence electrons. The molecule has 0 radical (unpaired) electrons. The number of halogens is 1. The molecule has 0 saturated carbocycles. The van der Waals surface area contributed by atoms with Crippen LogP contribution in [0.3, 0.4) is 0 Å². The summed E-state index contributed by atoms with van der Waals surface area (Å²) in [6, 6.07) is 12.5. The van der Waals surface area contributed by atoms with Crippen LogP contribution in [-0.2, 0) is 11.2 Å². The molecule has 5 nitrogen and oxygen atoms in total. The van der Waals surface area contributed by atoms with Crippen molar-refractivity contribution >= 4 is 11.8 Å². The number of carbonyl (C=O) groups excluding carboxylic acids is 2. The molecule has 0 fully saturated rings. The highest BCUT2D eigenvalue weighted by Crippen LogP contribution is 2.11. The predicted octanol–water partition coefficient (Wildman–Crippen LogP) is 1.92. The van der Waals surface area contributed by atoms with Gasteiger partial charge in [0.25, 0.3) is 5.91 Å². The van der Waals surface area contributed by atoms with Crippen LogP contribution in [0.4, 0.5) is 4.39 Å². The number of hydrogen-bond acceptors (Lipinski definition) is 3. The monoisotopic (exact) mass is 330 g/mol. The molecule has 0 aliphatic carbocycles. The zero-order valence-corrected chi connectivity index (χ0v) is 13.3. The second-order valence-electron chi connectivity index (χ2n) is 5.14. The fourth-order valence-electron chi connectivity index (χ4n) is 2.07. The van der Waals surface area contributed by atoms with Crippen LogP contribution >= 0.6 is 0 Å². The SMILES string of the molecule is COc1ccc(CC(=O)NCCNC(=O)c2ccc(F)cc2)cc1. The number of carbonyl (C=O) groups is 2. The summed E-state index contributed by atoms with van der Waals surface area (Å²) in [6.45, 7) is 0.618. The van der Waals surface area contributed by atoms with Gasteiger partial charge in [-0.2, -0.15) is 0 Å². The summed E-state index contributed by atoms with van der Waals surface area (Å²) in [5.74, 6) is -0.0874. The lowest BCUT2D eigenvalue weighted by Gasteiger charge is -2.08. The van der Waals surface area contributed by atoms with Crippen LogP contribution < -0.4 is 15.4 Å². The molecule has 0 aliphatic rings. The lowest BCUT2D eigenvalue weighted by molar-refractivity contribution is -0.120.